The van der Waals surface area contributed by atoms with E-state index in [4.69, 9.17) is 0 Å². The van der Waals surface area contributed by atoms with E-state index in [1.165, 1.54) is 19.3 Å². The van der Waals surface area contributed by atoms with Crippen molar-refractivity contribution in [3.05, 3.63) is 13.5 Å². The second-order valence-corrected chi connectivity index (χ2v) is 2.51. The molecule has 0 heterocycles. The average Bonchev–Trinajstić information content (AvgIpc) is 1.97. The molecule has 1 nitrogen and oxygen atoms in total. The van der Waals surface area contributed by atoms with Crippen LogP contribution in [0.4, 0.5) is 0 Å². The van der Waals surface area contributed by atoms with E-state index in [0.717, 1.165) is 19.4 Å². The summed E-state index contributed by atoms with van der Waals surface area (Å²) in [5.74, 6) is 0. The molecule has 0 amide bonds. The smallest absolute Gasteiger partial charge is 0.0221 e. The Morgan fingerprint density at radius 3 is 2.80 bits per heavy atom. The van der Waals surface area contributed by atoms with E-state index in [2.05, 4.69) is 25.7 Å². The van der Waals surface area contributed by atoms with Crippen LogP contribution in [-0.2, 0) is 0 Å². The second kappa shape index (κ2) is 8.96. The Hall–Kier alpha value is -0.0400. The summed E-state index contributed by atoms with van der Waals surface area (Å²) in [5.41, 5.74) is 0. The monoisotopic (exact) mass is 141 g/mol. The molecule has 0 rings (SSSR count). The lowest BCUT2D eigenvalue weighted by molar-refractivity contribution is 0.648. The zero-order chi connectivity index (χ0) is 7.66. The number of unbranched alkanes of at least 4 members (excludes halogenated alkanes) is 3. The van der Waals surface area contributed by atoms with Gasteiger partial charge < -0.3 is 5.32 Å². The molecule has 0 saturated carbocycles. The van der Waals surface area contributed by atoms with Gasteiger partial charge in [0.05, 0.1) is 0 Å². The van der Waals surface area contributed by atoms with E-state index in [9.17, 15) is 0 Å². The largest absolute Gasteiger partial charge is 0.312 e. The van der Waals surface area contributed by atoms with Crippen LogP contribution in [0.15, 0.2) is 0 Å². The Bertz CT molecular complexity index is 44.7. The van der Waals surface area contributed by atoms with Gasteiger partial charge >= 0.3 is 0 Å². The molecule has 0 bridgehead atoms. The first-order valence-corrected chi connectivity index (χ1v) is 4.26. The predicted molar refractivity (Wildman–Crippen MR) is 46.4 cm³/mol. The summed E-state index contributed by atoms with van der Waals surface area (Å²) in [7, 11) is 0. The summed E-state index contributed by atoms with van der Waals surface area (Å²) in [6, 6.07) is 0. The Morgan fingerprint density at radius 1 is 1.40 bits per heavy atom. The molecule has 0 unspecified atom stereocenters. The molecule has 0 fully saturated rings. The van der Waals surface area contributed by atoms with Crippen LogP contribution in [0.1, 0.15) is 39.0 Å². The van der Waals surface area contributed by atoms with Gasteiger partial charge in [-0.1, -0.05) is 33.1 Å². The predicted octanol–water partition coefficient (Wildman–Crippen LogP) is 2.54. The minimum absolute atomic E-state index is 1.00. The van der Waals surface area contributed by atoms with Crippen LogP contribution in [-0.4, -0.2) is 6.54 Å². The van der Waals surface area contributed by atoms with E-state index < -0.39 is 0 Å². The highest BCUT2D eigenvalue weighted by atomic mass is 14.8. The highest BCUT2D eigenvalue weighted by Gasteiger charge is 1.85. The lowest BCUT2D eigenvalue weighted by atomic mass is 10.2. The van der Waals surface area contributed by atoms with Gasteiger partial charge in [-0.05, 0) is 19.4 Å². The van der Waals surface area contributed by atoms with E-state index >= 15 is 0 Å². The molecule has 60 valence electrons. The van der Waals surface area contributed by atoms with Crippen LogP contribution >= 0.6 is 0 Å². The lowest BCUT2D eigenvalue weighted by Gasteiger charge is -2.00. The van der Waals surface area contributed by atoms with Gasteiger partial charge in [0.15, 0.2) is 0 Å². The van der Waals surface area contributed by atoms with Crippen LogP contribution in [0, 0.1) is 13.5 Å². The third-order valence-electron chi connectivity index (χ3n) is 1.42. The van der Waals surface area contributed by atoms with Gasteiger partial charge in [-0.25, -0.2) is 0 Å². The first kappa shape index (κ1) is 9.96. The van der Waals surface area contributed by atoms with Crippen molar-refractivity contribution in [3.63, 3.8) is 0 Å². The molecular formula is C9H19N. The second-order valence-electron chi connectivity index (χ2n) is 2.51. The topological polar surface area (TPSA) is 12.0 Å². The zero-order valence-electron chi connectivity index (χ0n) is 7.03. The van der Waals surface area contributed by atoms with Crippen LogP contribution in [0.3, 0.4) is 0 Å². The van der Waals surface area contributed by atoms with Crippen LogP contribution < -0.4 is 5.32 Å². The van der Waals surface area contributed by atoms with Crippen molar-refractivity contribution >= 4 is 0 Å². The minimum atomic E-state index is 1.00. The standard InChI is InChI=1S/C9H19N/c1-3-5-7-9-10-8-6-4-2/h8,10H,2-7,9H2,1H3. The van der Waals surface area contributed by atoms with Gasteiger partial charge in [-0.3, -0.25) is 0 Å². The summed E-state index contributed by atoms with van der Waals surface area (Å²) in [6.07, 6.45) is 6.03. The number of hydrogen-bond donors (Lipinski definition) is 1. The summed E-state index contributed by atoms with van der Waals surface area (Å²) >= 11 is 0. The van der Waals surface area contributed by atoms with E-state index in [1.54, 1.807) is 0 Å². The number of hydrogen-bond acceptors (Lipinski definition) is 1. The van der Waals surface area contributed by atoms with Crippen molar-refractivity contribution in [2.75, 3.05) is 6.54 Å². The van der Waals surface area contributed by atoms with Crippen molar-refractivity contribution in [3.8, 4) is 0 Å². The quantitative estimate of drug-likeness (QED) is 0.537. The summed E-state index contributed by atoms with van der Waals surface area (Å²) < 4.78 is 0. The molecule has 0 aromatic heterocycles. The van der Waals surface area contributed by atoms with Crippen LogP contribution in [0.25, 0.3) is 0 Å². The summed E-state index contributed by atoms with van der Waals surface area (Å²) in [5, 5.41) is 3.26. The minimum Gasteiger partial charge on any atom is -0.312 e. The van der Waals surface area contributed by atoms with Gasteiger partial charge in [-0.15, -0.1) is 0 Å². The van der Waals surface area contributed by atoms with E-state index in [0.29, 0.717) is 0 Å². The third kappa shape index (κ3) is 7.96. The molecule has 0 aliphatic rings. The van der Waals surface area contributed by atoms with Crippen molar-refractivity contribution in [1.29, 1.82) is 0 Å². The van der Waals surface area contributed by atoms with Gasteiger partial charge in [0.2, 0.25) is 0 Å². The Labute approximate surface area is 65.2 Å². The van der Waals surface area contributed by atoms with E-state index in [1.807, 2.05) is 0 Å². The maximum absolute atomic E-state index is 3.75. The third-order valence-corrected chi connectivity index (χ3v) is 1.42. The molecular weight excluding hydrogens is 122 g/mol. The Kier molecular flexibility index (Phi) is 8.92. The fraction of sp³-hybridized carbons (Fsp3) is 0.778. The van der Waals surface area contributed by atoms with E-state index in [-0.39, 0.29) is 0 Å². The van der Waals surface area contributed by atoms with Crippen molar-refractivity contribution in [2.45, 2.75) is 39.0 Å². The Balaban J connectivity index is 2.65. The molecule has 0 spiro atoms. The van der Waals surface area contributed by atoms with Gasteiger partial charge in [0, 0.05) is 6.54 Å². The Morgan fingerprint density at radius 2 is 2.20 bits per heavy atom. The highest BCUT2D eigenvalue weighted by molar-refractivity contribution is 4.61. The lowest BCUT2D eigenvalue weighted by Crippen LogP contribution is -2.10. The molecule has 2 radical (unpaired) electrons. The van der Waals surface area contributed by atoms with Crippen molar-refractivity contribution in [1.82, 2.24) is 5.32 Å². The molecule has 0 saturated heterocycles. The maximum atomic E-state index is 3.75. The fourth-order valence-corrected chi connectivity index (χ4v) is 0.783. The van der Waals surface area contributed by atoms with Crippen LogP contribution in [0.2, 0.25) is 0 Å². The van der Waals surface area contributed by atoms with Crippen LogP contribution in [0.5, 0.6) is 0 Å². The summed E-state index contributed by atoms with van der Waals surface area (Å²) in [4.78, 5) is 0. The SMILES string of the molecule is [CH2]CC[CH]NCCCCC. The first-order valence-electron chi connectivity index (χ1n) is 4.26. The highest BCUT2D eigenvalue weighted by Crippen LogP contribution is 1.92. The van der Waals surface area contributed by atoms with Gasteiger partial charge in [-0.2, -0.15) is 0 Å². The zero-order valence-corrected chi connectivity index (χ0v) is 7.03. The molecule has 1 N–H and O–H groups in total. The molecule has 0 atom stereocenters. The average molecular weight is 141 g/mol. The van der Waals surface area contributed by atoms with Gasteiger partial charge in [0.25, 0.3) is 0 Å². The molecule has 10 heavy (non-hydrogen) atoms. The molecule has 0 aliphatic carbocycles. The normalized spacial score (nSPS) is 10.2. The molecule has 0 aromatic rings. The molecule has 0 aliphatic heterocycles. The molecule has 0 aromatic carbocycles. The number of rotatable bonds is 7. The summed E-state index contributed by atoms with van der Waals surface area (Å²) in [6.45, 7) is 9.22. The van der Waals surface area contributed by atoms with Gasteiger partial charge in [0.1, 0.15) is 0 Å². The fourth-order valence-electron chi connectivity index (χ4n) is 0.783. The van der Waals surface area contributed by atoms with Crippen molar-refractivity contribution in [2.24, 2.45) is 0 Å². The maximum Gasteiger partial charge on any atom is 0.0221 e. The first-order chi connectivity index (χ1) is 4.91. The van der Waals surface area contributed by atoms with Crippen molar-refractivity contribution < 1.29 is 0 Å². The number of nitrogens with one attached hydrogen (secondary N) is 1. The molecule has 1 heteroatoms.